The Morgan fingerprint density at radius 3 is 2.60 bits per heavy atom. The van der Waals surface area contributed by atoms with Crippen molar-refractivity contribution < 1.29 is 19.4 Å². The molecule has 0 aromatic rings. The van der Waals surface area contributed by atoms with Gasteiger partial charge in [-0.2, -0.15) is 0 Å². The van der Waals surface area contributed by atoms with Crippen LogP contribution < -0.4 is 10.7 Å². The van der Waals surface area contributed by atoms with Gasteiger partial charge in [-0.05, 0) is 18.8 Å². The average molecular weight is 285 g/mol. The summed E-state index contributed by atoms with van der Waals surface area (Å²) in [5.74, 6) is -1.03. The van der Waals surface area contributed by atoms with Crippen molar-refractivity contribution in [3.05, 3.63) is 0 Å². The van der Waals surface area contributed by atoms with Crippen LogP contribution in [0.2, 0.25) is 0 Å². The van der Waals surface area contributed by atoms with Crippen LogP contribution in [-0.4, -0.2) is 55.0 Å². The third-order valence-corrected chi connectivity index (χ3v) is 4.02. The zero-order valence-corrected chi connectivity index (χ0v) is 11.6. The van der Waals surface area contributed by atoms with E-state index in [0.717, 1.165) is 19.3 Å². The van der Waals surface area contributed by atoms with Gasteiger partial charge >= 0.3 is 12.0 Å². The average Bonchev–Trinajstić information content (AvgIpc) is 2.46. The maximum Gasteiger partial charge on any atom is 0.329 e. The molecule has 2 rings (SSSR count). The highest BCUT2D eigenvalue weighted by Crippen LogP contribution is 2.29. The quantitative estimate of drug-likeness (QED) is 0.696. The minimum absolute atomic E-state index is 0.0386. The van der Waals surface area contributed by atoms with Crippen molar-refractivity contribution in [1.82, 2.24) is 15.8 Å². The molecule has 1 aliphatic carbocycles. The lowest BCUT2D eigenvalue weighted by Gasteiger charge is -2.30. The number of hydrogen-bond donors (Lipinski definition) is 3. The predicted octanol–water partition coefficient (Wildman–Crippen LogP) is 0.424. The highest BCUT2D eigenvalue weighted by molar-refractivity contribution is 5.74. The smallest absolute Gasteiger partial charge is 0.329 e. The number of hydrazine groups is 1. The number of carboxylic acids is 1. The van der Waals surface area contributed by atoms with E-state index in [4.69, 9.17) is 4.74 Å². The third kappa shape index (κ3) is 4.35. The summed E-state index contributed by atoms with van der Waals surface area (Å²) in [5, 5.41) is 13.8. The van der Waals surface area contributed by atoms with Crippen molar-refractivity contribution in [2.45, 2.75) is 25.7 Å². The number of urea groups is 1. The summed E-state index contributed by atoms with van der Waals surface area (Å²) in [5.41, 5.74) is 2.76. The van der Waals surface area contributed by atoms with Gasteiger partial charge in [0.15, 0.2) is 0 Å². The molecule has 0 aromatic carbocycles. The molecule has 1 heterocycles. The predicted molar refractivity (Wildman–Crippen MR) is 72.0 cm³/mol. The molecular weight excluding hydrogens is 262 g/mol. The summed E-state index contributed by atoms with van der Waals surface area (Å²) in [7, 11) is 0. The van der Waals surface area contributed by atoms with Gasteiger partial charge in [0, 0.05) is 19.6 Å². The number of amides is 2. The Labute approximate surface area is 118 Å². The normalized spacial score (nSPS) is 27.8. The first-order valence-electron chi connectivity index (χ1n) is 7.27. The van der Waals surface area contributed by atoms with Crippen LogP contribution in [0.5, 0.6) is 0 Å². The summed E-state index contributed by atoms with van der Waals surface area (Å²) < 4.78 is 5.20. The van der Waals surface area contributed by atoms with Gasteiger partial charge in [-0.15, -0.1) is 0 Å². The lowest BCUT2D eigenvalue weighted by atomic mass is 9.79. The molecule has 2 unspecified atom stereocenters. The maximum absolute atomic E-state index is 11.8. The number of carbonyl (C=O) groups is 2. The van der Waals surface area contributed by atoms with E-state index in [-0.39, 0.29) is 17.9 Å². The van der Waals surface area contributed by atoms with Crippen LogP contribution in [0, 0.1) is 11.8 Å². The van der Waals surface area contributed by atoms with Crippen LogP contribution in [0.15, 0.2) is 0 Å². The van der Waals surface area contributed by atoms with Crippen LogP contribution >= 0.6 is 0 Å². The van der Waals surface area contributed by atoms with E-state index in [9.17, 15) is 14.7 Å². The van der Waals surface area contributed by atoms with Gasteiger partial charge < -0.3 is 15.2 Å². The summed E-state index contributed by atoms with van der Waals surface area (Å²) in [6.45, 7) is 3.00. The number of carbonyl (C=O) groups excluding carboxylic acids is 1. The fourth-order valence-corrected chi connectivity index (χ4v) is 2.86. The first-order valence-corrected chi connectivity index (χ1v) is 7.27. The number of ether oxygens (including phenoxy) is 1. The molecule has 0 spiro atoms. The van der Waals surface area contributed by atoms with Crippen LogP contribution in [0.4, 0.5) is 4.79 Å². The molecule has 0 radical (unpaired) electrons. The van der Waals surface area contributed by atoms with Gasteiger partial charge in [-0.3, -0.25) is 10.2 Å². The highest BCUT2D eigenvalue weighted by Gasteiger charge is 2.30. The second kappa shape index (κ2) is 7.44. The molecule has 0 bridgehead atoms. The molecule has 1 saturated carbocycles. The zero-order valence-electron chi connectivity index (χ0n) is 11.6. The van der Waals surface area contributed by atoms with E-state index < -0.39 is 5.97 Å². The second-order valence-corrected chi connectivity index (χ2v) is 5.41. The Kier molecular flexibility index (Phi) is 5.60. The van der Waals surface area contributed by atoms with Gasteiger partial charge in [-0.1, -0.05) is 12.8 Å². The standard InChI is InChI=1S/C13H23N3O4/c17-12(18)11-4-2-1-3-10(11)9-14-13(19)15-16-5-7-20-8-6-16/h10-11H,1-9H2,(H,17,18)(H2,14,15,19). The molecule has 114 valence electrons. The molecule has 2 fully saturated rings. The topological polar surface area (TPSA) is 90.9 Å². The molecule has 3 N–H and O–H groups in total. The van der Waals surface area contributed by atoms with Crippen molar-refractivity contribution >= 4 is 12.0 Å². The maximum atomic E-state index is 11.8. The molecule has 2 atom stereocenters. The molecule has 0 aromatic heterocycles. The van der Waals surface area contributed by atoms with Gasteiger partial charge in [-0.25, -0.2) is 9.80 Å². The van der Waals surface area contributed by atoms with E-state index in [1.807, 2.05) is 5.01 Å². The molecule has 7 nitrogen and oxygen atoms in total. The summed E-state index contributed by atoms with van der Waals surface area (Å²) in [4.78, 5) is 23.0. The monoisotopic (exact) mass is 285 g/mol. The molecule has 7 heteroatoms. The molecule has 1 aliphatic heterocycles. The first kappa shape index (κ1) is 15.1. The van der Waals surface area contributed by atoms with Crippen molar-refractivity contribution in [3.8, 4) is 0 Å². The van der Waals surface area contributed by atoms with Gasteiger partial charge in [0.25, 0.3) is 0 Å². The number of carboxylic acid groups (broad SMARTS) is 1. The summed E-state index contributed by atoms with van der Waals surface area (Å²) >= 11 is 0. The molecule has 1 saturated heterocycles. The van der Waals surface area contributed by atoms with E-state index >= 15 is 0 Å². The minimum atomic E-state index is -0.745. The van der Waals surface area contributed by atoms with Crippen molar-refractivity contribution in [2.75, 3.05) is 32.8 Å². The molecular formula is C13H23N3O4. The second-order valence-electron chi connectivity index (χ2n) is 5.41. The van der Waals surface area contributed by atoms with Crippen LogP contribution in [0.1, 0.15) is 25.7 Å². The van der Waals surface area contributed by atoms with E-state index in [0.29, 0.717) is 39.3 Å². The highest BCUT2D eigenvalue weighted by atomic mass is 16.5. The Morgan fingerprint density at radius 1 is 1.20 bits per heavy atom. The number of nitrogens with one attached hydrogen (secondary N) is 2. The number of aliphatic carboxylic acids is 1. The summed E-state index contributed by atoms with van der Waals surface area (Å²) in [6.07, 6.45) is 3.59. The number of hydrogen-bond acceptors (Lipinski definition) is 4. The van der Waals surface area contributed by atoms with E-state index in [1.54, 1.807) is 0 Å². The lowest BCUT2D eigenvalue weighted by Crippen LogP contribution is -2.52. The lowest BCUT2D eigenvalue weighted by molar-refractivity contribution is -0.144. The Balaban J connectivity index is 1.72. The van der Waals surface area contributed by atoms with E-state index in [2.05, 4.69) is 10.7 Å². The van der Waals surface area contributed by atoms with Crippen molar-refractivity contribution in [3.63, 3.8) is 0 Å². The van der Waals surface area contributed by atoms with Crippen molar-refractivity contribution in [2.24, 2.45) is 11.8 Å². The summed E-state index contributed by atoms with van der Waals surface area (Å²) in [6, 6.07) is -0.262. The van der Waals surface area contributed by atoms with Gasteiger partial charge in [0.1, 0.15) is 0 Å². The Hall–Kier alpha value is -1.34. The van der Waals surface area contributed by atoms with Gasteiger partial charge in [0.05, 0.1) is 19.1 Å². The fourth-order valence-electron chi connectivity index (χ4n) is 2.86. The third-order valence-electron chi connectivity index (χ3n) is 4.02. The number of nitrogens with zero attached hydrogens (tertiary/aromatic N) is 1. The SMILES string of the molecule is O=C(NCC1CCCCC1C(=O)O)NN1CCOCC1. The van der Waals surface area contributed by atoms with Crippen LogP contribution in [0.3, 0.4) is 0 Å². The van der Waals surface area contributed by atoms with E-state index in [1.165, 1.54) is 0 Å². The Bertz CT molecular complexity index is 345. The number of rotatable bonds is 4. The zero-order chi connectivity index (χ0) is 14.4. The van der Waals surface area contributed by atoms with Gasteiger partial charge in [0.2, 0.25) is 0 Å². The fraction of sp³-hybridized carbons (Fsp3) is 0.846. The largest absolute Gasteiger partial charge is 0.481 e. The first-order chi connectivity index (χ1) is 9.66. The molecule has 20 heavy (non-hydrogen) atoms. The molecule has 2 amide bonds. The van der Waals surface area contributed by atoms with Crippen LogP contribution in [-0.2, 0) is 9.53 Å². The molecule has 2 aliphatic rings. The minimum Gasteiger partial charge on any atom is -0.481 e. The van der Waals surface area contributed by atoms with Crippen molar-refractivity contribution in [1.29, 1.82) is 0 Å². The van der Waals surface area contributed by atoms with Crippen LogP contribution in [0.25, 0.3) is 0 Å². The number of morpholine rings is 1. The Morgan fingerprint density at radius 2 is 1.90 bits per heavy atom.